The SMILES string of the molecule is C[C@@H]1CN(Cc2ccc(B(O)OC(C)(C)C(C)(C)O)cc2)C[C@H](C)N1CCO. The Morgan fingerprint density at radius 1 is 1.07 bits per heavy atom. The zero-order chi connectivity index (χ0) is 21.1. The molecule has 1 saturated heterocycles. The number of β-amino-alcohol motifs (C(OH)–C–C–N with tert-alkyl or cyclic N) is 1. The number of hydrogen-bond acceptors (Lipinski definition) is 6. The van der Waals surface area contributed by atoms with Gasteiger partial charge >= 0.3 is 7.12 Å². The van der Waals surface area contributed by atoms with E-state index in [1.165, 1.54) is 5.56 Å². The van der Waals surface area contributed by atoms with Crippen LogP contribution in [-0.4, -0.2) is 81.7 Å². The molecular formula is C21H37BN2O4. The first-order valence-electron chi connectivity index (χ1n) is 10.2. The molecule has 1 fully saturated rings. The third-order valence-corrected chi connectivity index (χ3v) is 6.09. The molecule has 2 atom stereocenters. The van der Waals surface area contributed by atoms with Crippen molar-refractivity contribution in [3.63, 3.8) is 0 Å². The molecule has 1 aliphatic heterocycles. The van der Waals surface area contributed by atoms with Crippen LogP contribution in [0.5, 0.6) is 0 Å². The lowest BCUT2D eigenvalue weighted by Crippen LogP contribution is -2.56. The van der Waals surface area contributed by atoms with Crippen LogP contribution in [0.2, 0.25) is 0 Å². The van der Waals surface area contributed by atoms with Crippen molar-refractivity contribution in [3.05, 3.63) is 29.8 Å². The van der Waals surface area contributed by atoms with Crippen molar-refractivity contribution in [1.29, 1.82) is 0 Å². The highest BCUT2D eigenvalue weighted by molar-refractivity contribution is 6.60. The van der Waals surface area contributed by atoms with E-state index in [1.807, 2.05) is 24.3 Å². The fourth-order valence-corrected chi connectivity index (χ4v) is 3.69. The summed E-state index contributed by atoms with van der Waals surface area (Å²) in [7, 11) is -1.09. The standard InChI is InChI=1S/C21H37BN2O4/c1-16-13-23(14-17(2)24(16)11-12-25)15-18-7-9-19(10-8-18)22(27)28-21(5,6)20(3,4)26/h7-10,16-17,25-27H,11-15H2,1-6H3/t16-,17+. The molecule has 1 aromatic carbocycles. The van der Waals surface area contributed by atoms with Gasteiger partial charge in [0, 0.05) is 38.3 Å². The molecule has 0 radical (unpaired) electrons. The van der Waals surface area contributed by atoms with E-state index < -0.39 is 18.3 Å². The molecular weight excluding hydrogens is 355 g/mol. The van der Waals surface area contributed by atoms with Gasteiger partial charge in [0.15, 0.2) is 0 Å². The Hall–Kier alpha value is -0.955. The molecule has 7 heteroatoms. The van der Waals surface area contributed by atoms with E-state index in [9.17, 15) is 15.2 Å². The molecule has 0 bridgehead atoms. The number of aliphatic hydroxyl groups excluding tert-OH is 1. The lowest BCUT2D eigenvalue weighted by atomic mass is 9.76. The Labute approximate surface area is 170 Å². The summed E-state index contributed by atoms with van der Waals surface area (Å²) in [5.41, 5.74) is -0.0891. The van der Waals surface area contributed by atoms with Gasteiger partial charge < -0.3 is 19.9 Å². The largest absolute Gasteiger partial charge is 0.491 e. The molecule has 3 N–H and O–H groups in total. The third-order valence-electron chi connectivity index (χ3n) is 6.09. The van der Waals surface area contributed by atoms with Gasteiger partial charge in [-0.25, -0.2) is 0 Å². The molecule has 1 aromatic rings. The summed E-state index contributed by atoms with van der Waals surface area (Å²) in [5, 5.41) is 29.9. The Morgan fingerprint density at radius 2 is 1.61 bits per heavy atom. The van der Waals surface area contributed by atoms with Crippen LogP contribution < -0.4 is 5.46 Å². The first-order valence-corrected chi connectivity index (χ1v) is 10.2. The van der Waals surface area contributed by atoms with Crippen LogP contribution in [0, 0.1) is 0 Å². The molecule has 0 aromatic heterocycles. The lowest BCUT2D eigenvalue weighted by molar-refractivity contribution is -0.0982. The molecule has 0 unspecified atom stereocenters. The Morgan fingerprint density at radius 3 is 2.07 bits per heavy atom. The van der Waals surface area contributed by atoms with Crippen LogP contribution in [-0.2, 0) is 11.2 Å². The van der Waals surface area contributed by atoms with Crippen molar-refractivity contribution in [2.75, 3.05) is 26.2 Å². The minimum atomic E-state index is -1.09. The quantitative estimate of drug-likeness (QED) is 0.569. The van der Waals surface area contributed by atoms with Crippen molar-refractivity contribution >= 4 is 12.6 Å². The maximum atomic E-state index is 10.4. The summed E-state index contributed by atoms with van der Waals surface area (Å²) in [5.74, 6) is 0. The summed E-state index contributed by atoms with van der Waals surface area (Å²) in [6, 6.07) is 8.64. The number of aliphatic hydroxyl groups is 2. The molecule has 28 heavy (non-hydrogen) atoms. The van der Waals surface area contributed by atoms with Gasteiger partial charge in [0.25, 0.3) is 0 Å². The van der Waals surface area contributed by atoms with Gasteiger partial charge in [-0.1, -0.05) is 24.3 Å². The van der Waals surface area contributed by atoms with Crippen molar-refractivity contribution < 1.29 is 19.9 Å². The van der Waals surface area contributed by atoms with Crippen LogP contribution in [0.25, 0.3) is 0 Å². The molecule has 6 nitrogen and oxygen atoms in total. The van der Waals surface area contributed by atoms with Gasteiger partial charge in [-0.2, -0.15) is 0 Å². The lowest BCUT2D eigenvalue weighted by Gasteiger charge is -2.44. The van der Waals surface area contributed by atoms with E-state index in [0.717, 1.165) is 26.2 Å². The van der Waals surface area contributed by atoms with Gasteiger partial charge in [-0.05, 0) is 52.6 Å². The molecule has 158 valence electrons. The Kier molecular flexibility index (Phi) is 7.70. The van der Waals surface area contributed by atoms with Crippen molar-refractivity contribution in [3.8, 4) is 0 Å². The highest BCUT2D eigenvalue weighted by atomic mass is 16.5. The minimum absolute atomic E-state index is 0.199. The summed E-state index contributed by atoms with van der Waals surface area (Å²) in [6.07, 6.45) is 0. The predicted octanol–water partition coefficient (Wildman–Crippen LogP) is 0.827. The van der Waals surface area contributed by atoms with Gasteiger partial charge in [-0.15, -0.1) is 0 Å². The summed E-state index contributed by atoms with van der Waals surface area (Å²) >= 11 is 0. The smallest absolute Gasteiger partial charge is 0.423 e. The van der Waals surface area contributed by atoms with Crippen LogP contribution in [0.3, 0.4) is 0 Å². The Bertz CT molecular complexity index is 606. The van der Waals surface area contributed by atoms with E-state index in [0.29, 0.717) is 17.5 Å². The maximum Gasteiger partial charge on any atom is 0.491 e. The predicted molar refractivity (Wildman–Crippen MR) is 114 cm³/mol. The molecule has 0 saturated carbocycles. The second kappa shape index (κ2) is 9.24. The molecule has 1 heterocycles. The summed E-state index contributed by atoms with van der Waals surface area (Å²) < 4.78 is 5.71. The van der Waals surface area contributed by atoms with Gasteiger partial charge in [0.2, 0.25) is 0 Å². The second-order valence-electron chi connectivity index (χ2n) is 9.13. The van der Waals surface area contributed by atoms with Gasteiger partial charge in [0.05, 0.1) is 17.8 Å². The summed E-state index contributed by atoms with van der Waals surface area (Å²) in [6.45, 7) is 15.0. The monoisotopic (exact) mass is 392 g/mol. The third kappa shape index (κ3) is 5.78. The molecule has 0 spiro atoms. The molecule has 0 amide bonds. The van der Waals surface area contributed by atoms with E-state index in [4.69, 9.17) is 4.65 Å². The van der Waals surface area contributed by atoms with Gasteiger partial charge in [0.1, 0.15) is 0 Å². The average molecular weight is 392 g/mol. The van der Waals surface area contributed by atoms with Crippen LogP contribution in [0.15, 0.2) is 24.3 Å². The second-order valence-corrected chi connectivity index (χ2v) is 9.13. The zero-order valence-electron chi connectivity index (χ0n) is 18.2. The highest BCUT2D eigenvalue weighted by Gasteiger charge is 2.39. The molecule has 0 aliphatic carbocycles. The van der Waals surface area contributed by atoms with Crippen molar-refractivity contribution in [2.45, 2.75) is 71.4 Å². The van der Waals surface area contributed by atoms with Gasteiger partial charge in [-0.3, -0.25) is 9.80 Å². The number of rotatable bonds is 8. The normalized spacial score (nSPS) is 22.5. The number of piperazine rings is 1. The summed E-state index contributed by atoms with van der Waals surface area (Å²) in [4.78, 5) is 4.79. The van der Waals surface area contributed by atoms with Crippen molar-refractivity contribution in [1.82, 2.24) is 9.80 Å². The fourth-order valence-electron chi connectivity index (χ4n) is 3.69. The highest BCUT2D eigenvalue weighted by Crippen LogP contribution is 2.25. The number of benzene rings is 1. The van der Waals surface area contributed by atoms with E-state index in [2.05, 4.69) is 23.6 Å². The van der Waals surface area contributed by atoms with Crippen LogP contribution in [0.4, 0.5) is 0 Å². The van der Waals surface area contributed by atoms with Crippen LogP contribution >= 0.6 is 0 Å². The van der Waals surface area contributed by atoms with Crippen molar-refractivity contribution in [2.24, 2.45) is 0 Å². The van der Waals surface area contributed by atoms with E-state index in [-0.39, 0.29) is 6.61 Å². The number of nitrogens with zero attached hydrogens (tertiary/aromatic N) is 2. The topological polar surface area (TPSA) is 76.4 Å². The van der Waals surface area contributed by atoms with E-state index >= 15 is 0 Å². The van der Waals surface area contributed by atoms with Crippen LogP contribution in [0.1, 0.15) is 47.1 Å². The first-order chi connectivity index (χ1) is 12.9. The minimum Gasteiger partial charge on any atom is -0.423 e. The first kappa shape index (κ1) is 23.3. The zero-order valence-corrected chi connectivity index (χ0v) is 18.2. The Balaban J connectivity index is 1.96. The number of hydrogen-bond donors (Lipinski definition) is 3. The molecule has 1 aliphatic rings. The van der Waals surface area contributed by atoms with E-state index in [1.54, 1.807) is 27.7 Å². The molecule has 2 rings (SSSR count). The fraction of sp³-hybridized carbons (Fsp3) is 0.714. The maximum absolute atomic E-state index is 10.4. The average Bonchev–Trinajstić information content (AvgIpc) is 2.57.